The normalized spacial score (nSPS) is 14.6. The maximum atomic E-state index is 14.1. The number of furan rings is 1. The van der Waals surface area contributed by atoms with E-state index in [0.717, 1.165) is 0 Å². The fourth-order valence-corrected chi connectivity index (χ4v) is 4.09. The summed E-state index contributed by atoms with van der Waals surface area (Å²) < 4.78 is 19.3. The minimum absolute atomic E-state index is 0.197. The summed E-state index contributed by atoms with van der Waals surface area (Å²) in [7, 11) is 0. The summed E-state index contributed by atoms with van der Waals surface area (Å²) in [5, 5.41) is 6.07. The Balaban J connectivity index is 1.27. The molecule has 2 heterocycles. The van der Waals surface area contributed by atoms with Gasteiger partial charge in [-0.1, -0.05) is 29.8 Å². The zero-order chi connectivity index (χ0) is 23.9. The Morgan fingerprint density at radius 2 is 1.74 bits per heavy atom. The van der Waals surface area contributed by atoms with Crippen LogP contribution in [0.4, 0.5) is 10.1 Å². The molecule has 0 spiro atoms. The number of carbonyl (C=O) groups is 2. The first kappa shape index (κ1) is 23.9. The molecular formula is C25H26ClFN4O3. The number of halogens is 2. The molecule has 2 aromatic carbocycles. The number of hydrogen-bond donors (Lipinski definition) is 2. The molecule has 2 amide bonds. The van der Waals surface area contributed by atoms with Gasteiger partial charge in [0.25, 0.3) is 5.91 Å². The molecule has 4 rings (SSSR count). The minimum Gasteiger partial charge on any atom is -0.467 e. The molecule has 0 saturated carbocycles. The summed E-state index contributed by atoms with van der Waals surface area (Å²) in [5.74, 6) is -0.156. The van der Waals surface area contributed by atoms with Crippen molar-refractivity contribution < 1.29 is 18.4 Å². The van der Waals surface area contributed by atoms with Crippen LogP contribution in [0.5, 0.6) is 0 Å². The van der Waals surface area contributed by atoms with Gasteiger partial charge in [-0.3, -0.25) is 19.4 Å². The van der Waals surface area contributed by atoms with E-state index in [1.165, 1.54) is 6.07 Å². The number of nitrogens with one attached hydrogen (secondary N) is 2. The second-order valence-corrected chi connectivity index (χ2v) is 8.52. The largest absolute Gasteiger partial charge is 0.467 e. The van der Waals surface area contributed by atoms with Crippen molar-refractivity contribution in [2.75, 3.05) is 38.0 Å². The lowest BCUT2D eigenvalue weighted by Gasteiger charge is -2.34. The van der Waals surface area contributed by atoms with Crippen molar-refractivity contribution in [3.05, 3.63) is 88.6 Å². The fourth-order valence-electron chi connectivity index (χ4n) is 3.87. The number of carbonyl (C=O) groups excluding carboxylic acids is 2. The summed E-state index contributed by atoms with van der Waals surface area (Å²) in [5.41, 5.74) is 1.34. The van der Waals surface area contributed by atoms with Crippen LogP contribution >= 0.6 is 11.6 Å². The number of nitrogens with zero attached hydrogens (tertiary/aromatic N) is 2. The van der Waals surface area contributed by atoms with E-state index in [4.69, 9.17) is 16.0 Å². The van der Waals surface area contributed by atoms with E-state index in [0.29, 0.717) is 60.3 Å². The summed E-state index contributed by atoms with van der Waals surface area (Å²) in [6.07, 6.45) is 1.55. The van der Waals surface area contributed by atoms with Crippen LogP contribution in [0.15, 0.2) is 65.3 Å². The SMILES string of the molecule is O=C(CN1CCN(Cc2c(F)cccc2Cl)CC1)Nc1ccccc1C(=O)NCc1ccco1. The lowest BCUT2D eigenvalue weighted by molar-refractivity contribution is -0.117. The van der Waals surface area contributed by atoms with E-state index in [1.807, 2.05) is 4.90 Å². The summed E-state index contributed by atoms with van der Waals surface area (Å²) in [6, 6.07) is 15.1. The Morgan fingerprint density at radius 1 is 0.971 bits per heavy atom. The van der Waals surface area contributed by atoms with Crippen LogP contribution < -0.4 is 10.6 Å². The van der Waals surface area contributed by atoms with Gasteiger partial charge in [0, 0.05) is 43.3 Å². The molecule has 1 saturated heterocycles. The van der Waals surface area contributed by atoms with Crippen molar-refractivity contribution in [1.82, 2.24) is 15.1 Å². The van der Waals surface area contributed by atoms with Gasteiger partial charge in [0.1, 0.15) is 11.6 Å². The van der Waals surface area contributed by atoms with Crippen molar-refractivity contribution in [3.8, 4) is 0 Å². The Bertz CT molecular complexity index is 1110. The van der Waals surface area contributed by atoms with Crippen LogP contribution in [0.25, 0.3) is 0 Å². The zero-order valence-corrected chi connectivity index (χ0v) is 19.4. The molecule has 1 fully saturated rings. The molecule has 34 heavy (non-hydrogen) atoms. The van der Waals surface area contributed by atoms with E-state index < -0.39 is 0 Å². The highest BCUT2D eigenvalue weighted by molar-refractivity contribution is 6.31. The number of amides is 2. The first-order valence-corrected chi connectivity index (χ1v) is 11.4. The predicted molar refractivity (Wildman–Crippen MR) is 128 cm³/mol. The number of hydrogen-bond acceptors (Lipinski definition) is 5. The van der Waals surface area contributed by atoms with Gasteiger partial charge in [0.05, 0.1) is 30.6 Å². The molecule has 7 nitrogen and oxygen atoms in total. The molecule has 0 bridgehead atoms. The zero-order valence-electron chi connectivity index (χ0n) is 18.6. The number of anilines is 1. The van der Waals surface area contributed by atoms with Crippen LogP contribution in [0.2, 0.25) is 5.02 Å². The van der Waals surface area contributed by atoms with Crippen molar-refractivity contribution in [2.45, 2.75) is 13.1 Å². The van der Waals surface area contributed by atoms with Crippen LogP contribution in [-0.4, -0.2) is 54.3 Å². The number of piperazine rings is 1. The lowest BCUT2D eigenvalue weighted by atomic mass is 10.1. The first-order chi connectivity index (χ1) is 16.5. The van der Waals surface area contributed by atoms with Gasteiger partial charge >= 0.3 is 0 Å². The predicted octanol–water partition coefficient (Wildman–Crippen LogP) is 3.76. The van der Waals surface area contributed by atoms with Gasteiger partial charge in [0.15, 0.2) is 0 Å². The van der Waals surface area contributed by atoms with Gasteiger partial charge < -0.3 is 15.1 Å². The molecule has 9 heteroatoms. The number of rotatable bonds is 8. The molecule has 1 aromatic heterocycles. The third-order valence-corrected chi connectivity index (χ3v) is 6.08. The lowest BCUT2D eigenvalue weighted by Crippen LogP contribution is -2.48. The highest BCUT2D eigenvalue weighted by Crippen LogP contribution is 2.21. The molecule has 0 radical (unpaired) electrons. The average molecular weight is 485 g/mol. The van der Waals surface area contributed by atoms with Gasteiger partial charge in [-0.2, -0.15) is 0 Å². The first-order valence-electron chi connectivity index (χ1n) is 11.1. The molecule has 1 aliphatic heterocycles. The highest BCUT2D eigenvalue weighted by Gasteiger charge is 2.21. The van der Waals surface area contributed by atoms with E-state index in [1.54, 1.807) is 54.8 Å². The molecule has 0 atom stereocenters. The Labute approximate surface area is 202 Å². The Kier molecular flexibility index (Phi) is 7.95. The smallest absolute Gasteiger partial charge is 0.253 e. The molecule has 3 aromatic rings. The summed E-state index contributed by atoms with van der Waals surface area (Å²) >= 11 is 6.14. The maximum Gasteiger partial charge on any atom is 0.253 e. The van der Waals surface area contributed by atoms with E-state index in [-0.39, 0.29) is 30.7 Å². The van der Waals surface area contributed by atoms with Crippen LogP contribution in [0, 0.1) is 5.82 Å². The van der Waals surface area contributed by atoms with Gasteiger partial charge in [0.2, 0.25) is 5.91 Å². The minimum atomic E-state index is -0.304. The van der Waals surface area contributed by atoms with Crippen molar-refractivity contribution in [1.29, 1.82) is 0 Å². The van der Waals surface area contributed by atoms with Gasteiger partial charge in [-0.15, -0.1) is 0 Å². The number of benzene rings is 2. The van der Waals surface area contributed by atoms with Gasteiger partial charge in [-0.05, 0) is 36.4 Å². The van der Waals surface area contributed by atoms with E-state index in [2.05, 4.69) is 15.5 Å². The standard InChI is InChI=1S/C25H26ClFN4O3/c26-21-7-3-8-22(27)20(21)16-30-10-12-31(13-11-30)17-24(32)29-23-9-2-1-6-19(23)25(33)28-15-18-5-4-14-34-18/h1-9,14H,10-13,15-17H2,(H,28,33)(H,29,32). The van der Waals surface area contributed by atoms with Crippen molar-refractivity contribution >= 4 is 29.1 Å². The van der Waals surface area contributed by atoms with E-state index >= 15 is 0 Å². The Hall–Kier alpha value is -3.20. The number of para-hydroxylation sites is 1. The molecule has 0 aliphatic carbocycles. The van der Waals surface area contributed by atoms with Crippen LogP contribution in [0.3, 0.4) is 0 Å². The monoisotopic (exact) mass is 484 g/mol. The van der Waals surface area contributed by atoms with Crippen molar-refractivity contribution in [2.24, 2.45) is 0 Å². The highest BCUT2D eigenvalue weighted by atomic mass is 35.5. The van der Waals surface area contributed by atoms with Crippen LogP contribution in [0.1, 0.15) is 21.7 Å². The quantitative estimate of drug-likeness (QED) is 0.509. The molecule has 178 valence electrons. The second kappa shape index (κ2) is 11.3. The molecule has 1 aliphatic rings. The Morgan fingerprint density at radius 3 is 2.47 bits per heavy atom. The average Bonchev–Trinajstić information content (AvgIpc) is 3.35. The summed E-state index contributed by atoms with van der Waals surface area (Å²) in [4.78, 5) is 29.5. The van der Waals surface area contributed by atoms with Gasteiger partial charge in [-0.25, -0.2) is 4.39 Å². The van der Waals surface area contributed by atoms with E-state index in [9.17, 15) is 14.0 Å². The maximum absolute atomic E-state index is 14.1. The molecule has 0 unspecified atom stereocenters. The fraction of sp³-hybridized carbons (Fsp3) is 0.280. The topological polar surface area (TPSA) is 77.8 Å². The third kappa shape index (κ3) is 6.22. The summed E-state index contributed by atoms with van der Waals surface area (Å²) in [6.45, 7) is 3.64. The molecular weight excluding hydrogens is 459 g/mol. The second-order valence-electron chi connectivity index (χ2n) is 8.11. The molecule has 2 N–H and O–H groups in total. The van der Waals surface area contributed by atoms with Crippen LogP contribution in [-0.2, 0) is 17.9 Å². The van der Waals surface area contributed by atoms with Crippen molar-refractivity contribution in [3.63, 3.8) is 0 Å². The third-order valence-electron chi connectivity index (χ3n) is 5.72.